The smallest absolute Gasteiger partial charge is 0.326 e. The van der Waals surface area contributed by atoms with Crippen LogP contribution >= 0.6 is 11.6 Å². The number of ether oxygens (including phenoxy) is 1. The largest absolute Gasteiger partial charge is 0.505 e. The van der Waals surface area contributed by atoms with E-state index in [0.29, 0.717) is 11.1 Å². The van der Waals surface area contributed by atoms with Gasteiger partial charge in [0.15, 0.2) is 11.4 Å². The Morgan fingerprint density at radius 2 is 1.83 bits per heavy atom. The predicted molar refractivity (Wildman–Crippen MR) is 113 cm³/mol. The Kier molecular flexibility index (Phi) is 6.42. The highest BCUT2D eigenvalue weighted by atomic mass is 35.5. The van der Waals surface area contributed by atoms with Crippen molar-refractivity contribution >= 4 is 34.2 Å². The summed E-state index contributed by atoms with van der Waals surface area (Å²) >= 11 is 6.21. The molecule has 7 nitrogen and oxygen atoms in total. The van der Waals surface area contributed by atoms with E-state index in [4.69, 9.17) is 16.3 Å². The molecule has 0 bridgehead atoms. The highest BCUT2D eigenvalue weighted by molar-refractivity contribution is 6.35. The Morgan fingerprint density at radius 1 is 1.13 bits per heavy atom. The number of hydrogen-bond donors (Lipinski definition) is 3. The Morgan fingerprint density at radius 3 is 2.47 bits per heavy atom. The topological polar surface area (TPSA) is 109 Å². The van der Waals surface area contributed by atoms with Gasteiger partial charge in [-0.3, -0.25) is 4.79 Å². The minimum absolute atomic E-state index is 0.0129. The van der Waals surface area contributed by atoms with Crippen LogP contribution in [0.4, 0.5) is 0 Å². The molecule has 0 aliphatic rings. The van der Waals surface area contributed by atoms with Crippen LogP contribution in [-0.2, 0) is 11.2 Å². The zero-order valence-electron chi connectivity index (χ0n) is 16.4. The number of amides is 1. The molecule has 0 fully saturated rings. The molecule has 3 N–H and O–H groups in total. The van der Waals surface area contributed by atoms with Crippen LogP contribution in [0.15, 0.2) is 48.5 Å². The summed E-state index contributed by atoms with van der Waals surface area (Å²) in [6.45, 7) is 3.72. The first-order valence-electron chi connectivity index (χ1n) is 9.32. The molecule has 0 saturated carbocycles. The number of rotatable bonds is 7. The number of pyridine rings is 1. The third-order valence-electron chi connectivity index (χ3n) is 4.38. The van der Waals surface area contributed by atoms with E-state index in [0.717, 1.165) is 5.56 Å². The van der Waals surface area contributed by atoms with E-state index in [9.17, 15) is 19.8 Å². The molecule has 8 heteroatoms. The van der Waals surface area contributed by atoms with Gasteiger partial charge in [-0.2, -0.15) is 0 Å². The number of fused-ring (bicyclic) bond motifs is 1. The summed E-state index contributed by atoms with van der Waals surface area (Å²) in [5.41, 5.74) is 0.392. The van der Waals surface area contributed by atoms with Crippen LogP contribution in [0.25, 0.3) is 10.8 Å². The summed E-state index contributed by atoms with van der Waals surface area (Å²) in [5.74, 6) is -1.94. The molecule has 0 unspecified atom stereocenters. The first-order chi connectivity index (χ1) is 14.3. The van der Waals surface area contributed by atoms with E-state index >= 15 is 0 Å². The van der Waals surface area contributed by atoms with Crippen molar-refractivity contribution < 1.29 is 24.5 Å². The van der Waals surface area contributed by atoms with Gasteiger partial charge in [0.1, 0.15) is 16.9 Å². The average molecular weight is 429 g/mol. The molecule has 0 aliphatic heterocycles. The quantitative estimate of drug-likeness (QED) is 0.494. The number of benzene rings is 2. The van der Waals surface area contributed by atoms with E-state index in [1.54, 1.807) is 42.5 Å². The number of aromatic hydroxyl groups is 1. The highest BCUT2D eigenvalue weighted by Gasteiger charge is 2.25. The summed E-state index contributed by atoms with van der Waals surface area (Å²) in [6.07, 6.45) is -0.00455. The standard InChI is InChI=1S/C22H21ClN2O5/c1-12(2)30-14-8-9-15-16(11-14)19(26)18(25-20(15)23)21(27)24-17(22(28)29)10-13-6-4-3-5-7-13/h3-9,11-12,17,26H,10H2,1-2H3,(H,24,27)(H,28,29)/t17-/m0/s1. The Bertz CT molecular complexity index is 1090. The number of aliphatic carboxylic acids is 1. The summed E-state index contributed by atoms with van der Waals surface area (Å²) in [4.78, 5) is 28.4. The molecule has 3 aromatic rings. The maximum Gasteiger partial charge on any atom is 0.326 e. The number of carboxylic acid groups (broad SMARTS) is 1. The van der Waals surface area contributed by atoms with Gasteiger partial charge in [-0.15, -0.1) is 0 Å². The summed E-state index contributed by atoms with van der Waals surface area (Å²) < 4.78 is 5.63. The third-order valence-corrected chi connectivity index (χ3v) is 4.66. The molecule has 156 valence electrons. The zero-order chi connectivity index (χ0) is 21.8. The molecule has 1 aromatic heterocycles. The van der Waals surface area contributed by atoms with Gasteiger partial charge in [-0.1, -0.05) is 41.9 Å². The van der Waals surface area contributed by atoms with Gasteiger partial charge in [0.2, 0.25) is 0 Å². The number of nitrogens with zero attached hydrogens (tertiary/aromatic N) is 1. The first kappa shape index (κ1) is 21.4. The maximum absolute atomic E-state index is 12.7. The summed E-state index contributed by atoms with van der Waals surface area (Å²) in [6, 6.07) is 12.6. The molecule has 0 radical (unpaired) electrons. The summed E-state index contributed by atoms with van der Waals surface area (Å²) in [5, 5.41) is 23.3. The second-order valence-corrected chi connectivity index (χ2v) is 7.39. The molecule has 0 spiro atoms. The molecule has 2 aromatic carbocycles. The highest BCUT2D eigenvalue weighted by Crippen LogP contribution is 2.34. The van der Waals surface area contributed by atoms with Crippen molar-refractivity contribution in [3.05, 3.63) is 64.9 Å². The van der Waals surface area contributed by atoms with Gasteiger partial charge in [0.05, 0.1) is 6.10 Å². The van der Waals surface area contributed by atoms with Crippen molar-refractivity contribution in [2.45, 2.75) is 32.4 Å². The second-order valence-electron chi connectivity index (χ2n) is 7.03. The fourth-order valence-electron chi connectivity index (χ4n) is 3.02. The van der Waals surface area contributed by atoms with E-state index in [1.165, 1.54) is 0 Å². The molecule has 0 aliphatic carbocycles. The maximum atomic E-state index is 12.7. The van der Waals surface area contributed by atoms with Crippen LogP contribution in [0.5, 0.6) is 11.5 Å². The number of carbonyl (C=O) groups excluding carboxylic acids is 1. The number of halogens is 1. The Labute approximate surface area is 178 Å². The second kappa shape index (κ2) is 9.00. The minimum Gasteiger partial charge on any atom is -0.505 e. The van der Waals surface area contributed by atoms with Crippen molar-refractivity contribution in [2.24, 2.45) is 0 Å². The van der Waals surface area contributed by atoms with E-state index in [2.05, 4.69) is 10.3 Å². The van der Waals surface area contributed by atoms with E-state index in [-0.39, 0.29) is 28.8 Å². The third kappa shape index (κ3) is 4.80. The van der Waals surface area contributed by atoms with E-state index < -0.39 is 23.7 Å². The van der Waals surface area contributed by atoms with Crippen molar-refractivity contribution in [3.8, 4) is 11.5 Å². The molecule has 0 saturated heterocycles. The van der Waals surface area contributed by atoms with Gasteiger partial charge in [0, 0.05) is 17.2 Å². The Hall–Kier alpha value is -3.32. The van der Waals surface area contributed by atoms with Crippen LogP contribution in [0.1, 0.15) is 29.9 Å². The lowest BCUT2D eigenvalue weighted by molar-refractivity contribution is -0.139. The molecule has 1 heterocycles. The van der Waals surface area contributed by atoms with Gasteiger partial charge in [0.25, 0.3) is 5.91 Å². The number of carbonyl (C=O) groups is 2. The molecular weight excluding hydrogens is 408 g/mol. The van der Waals surface area contributed by atoms with Crippen molar-refractivity contribution in [1.29, 1.82) is 0 Å². The fraction of sp³-hybridized carbons (Fsp3) is 0.227. The summed E-state index contributed by atoms with van der Waals surface area (Å²) in [7, 11) is 0. The van der Waals surface area contributed by atoms with Gasteiger partial charge in [-0.25, -0.2) is 9.78 Å². The SMILES string of the molecule is CC(C)Oc1ccc2c(Cl)nc(C(=O)N[C@@H](Cc3ccccc3)C(=O)O)c(O)c2c1. The Balaban J connectivity index is 1.93. The van der Waals surface area contributed by atoms with Crippen LogP contribution in [0.2, 0.25) is 5.15 Å². The zero-order valence-corrected chi connectivity index (χ0v) is 17.2. The van der Waals surface area contributed by atoms with Crippen molar-refractivity contribution in [2.75, 3.05) is 0 Å². The average Bonchev–Trinajstić information content (AvgIpc) is 2.70. The molecule has 1 atom stereocenters. The van der Waals surface area contributed by atoms with E-state index in [1.807, 2.05) is 19.9 Å². The molecule has 1 amide bonds. The lowest BCUT2D eigenvalue weighted by Crippen LogP contribution is -2.42. The van der Waals surface area contributed by atoms with Crippen LogP contribution < -0.4 is 10.1 Å². The van der Waals surface area contributed by atoms with Crippen molar-refractivity contribution in [1.82, 2.24) is 10.3 Å². The predicted octanol–water partition coefficient (Wildman–Crippen LogP) is 3.81. The number of aromatic nitrogens is 1. The molecule has 30 heavy (non-hydrogen) atoms. The van der Waals surface area contributed by atoms with Gasteiger partial charge >= 0.3 is 5.97 Å². The lowest BCUT2D eigenvalue weighted by atomic mass is 10.1. The van der Waals surface area contributed by atoms with Gasteiger partial charge < -0.3 is 20.3 Å². The molecular formula is C22H21ClN2O5. The van der Waals surface area contributed by atoms with Crippen molar-refractivity contribution in [3.63, 3.8) is 0 Å². The minimum atomic E-state index is -1.20. The molecule has 3 rings (SSSR count). The normalized spacial score (nSPS) is 12.0. The monoisotopic (exact) mass is 428 g/mol. The van der Waals surface area contributed by atoms with Crippen LogP contribution in [-0.4, -0.2) is 39.2 Å². The number of nitrogens with one attached hydrogen (secondary N) is 1. The first-order valence-corrected chi connectivity index (χ1v) is 9.70. The van der Waals surface area contributed by atoms with Gasteiger partial charge in [-0.05, 0) is 37.6 Å². The van der Waals surface area contributed by atoms with Crippen LogP contribution in [0, 0.1) is 0 Å². The lowest BCUT2D eigenvalue weighted by Gasteiger charge is -2.16. The number of hydrogen-bond acceptors (Lipinski definition) is 5. The number of carboxylic acids is 1. The van der Waals surface area contributed by atoms with Crippen LogP contribution in [0.3, 0.4) is 0 Å². The fourth-order valence-corrected chi connectivity index (χ4v) is 3.27.